The van der Waals surface area contributed by atoms with Crippen LogP contribution in [0, 0.1) is 11.3 Å². The molecule has 0 aliphatic rings. The number of halogens is 1. The van der Waals surface area contributed by atoms with Gasteiger partial charge in [0.05, 0.1) is 23.6 Å². The van der Waals surface area contributed by atoms with Gasteiger partial charge in [0.15, 0.2) is 0 Å². The van der Waals surface area contributed by atoms with Crippen LogP contribution in [0.3, 0.4) is 0 Å². The van der Waals surface area contributed by atoms with Crippen molar-refractivity contribution >= 4 is 28.6 Å². The van der Waals surface area contributed by atoms with Gasteiger partial charge in [0.1, 0.15) is 24.0 Å². The van der Waals surface area contributed by atoms with E-state index in [2.05, 4.69) is 11.1 Å². The third kappa shape index (κ3) is 2.54. The van der Waals surface area contributed by atoms with Crippen LogP contribution < -0.4 is 0 Å². The molecule has 0 saturated carbocycles. The number of rotatable bonds is 4. The Bertz CT molecular complexity index is 658. The van der Waals surface area contributed by atoms with Crippen molar-refractivity contribution in [3.8, 4) is 6.07 Å². The predicted molar refractivity (Wildman–Crippen MR) is 70.6 cm³/mol. The molecule has 0 fully saturated rings. The smallest absolute Gasteiger partial charge is 0.326 e. The zero-order chi connectivity index (χ0) is 13.8. The summed E-state index contributed by atoms with van der Waals surface area (Å²) in [6.07, 6.45) is 0. The van der Waals surface area contributed by atoms with Gasteiger partial charge in [0.25, 0.3) is 0 Å². The molecule has 0 aliphatic heterocycles. The summed E-state index contributed by atoms with van der Waals surface area (Å²) in [5.41, 5.74) is 1.74. The van der Waals surface area contributed by atoms with Gasteiger partial charge in [0.2, 0.25) is 0 Å². The molecule has 0 bridgehead atoms. The summed E-state index contributed by atoms with van der Waals surface area (Å²) in [6, 6.07) is 7.32. The number of ether oxygens (including phenoxy) is 1. The second-order valence-corrected chi connectivity index (χ2v) is 4.11. The summed E-state index contributed by atoms with van der Waals surface area (Å²) in [4.78, 5) is 15.9. The summed E-state index contributed by atoms with van der Waals surface area (Å²) in [7, 11) is 0. The van der Waals surface area contributed by atoms with E-state index in [1.807, 2.05) is 0 Å². The van der Waals surface area contributed by atoms with Gasteiger partial charge in [-0.1, -0.05) is 6.07 Å². The lowest BCUT2D eigenvalue weighted by molar-refractivity contribution is -0.143. The number of alkyl halides is 1. The molecule has 1 heterocycles. The summed E-state index contributed by atoms with van der Waals surface area (Å²) in [6.45, 7) is 2.12. The Morgan fingerprint density at radius 1 is 1.58 bits per heavy atom. The number of imidazole rings is 1. The fourth-order valence-corrected chi connectivity index (χ4v) is 2.10. The predicted octanol–water partition coefficient (Wildman–Crippen LogP) is 2.21. The van der Waals surface area contributed by atoms with Gasteiger partial charge >= 0.3 is 5.97 Å². The van der Waals surface area contributed by atoms with E-state index in [9.17, 15) is 4.79 Å². The monoisotopic (exact) mass is 277 g/mol. The van der Waals surface area contributed by atoms with Gasteiger partial charge in [-0.05, 0) is 19.1 Å². The van der Waals surface area contributed by atoms with Crippen LogP contribution in [0.5, 0.6) is 0 Å². The Morgan fingerprint density at radius 2 is 2.37 bits per heavy atom. The van der Waals surface area contributed by atoms with Crippen molar-refractivity contribution < 1.29 is 9.53 Å². The quantitative estimate of drug-likeness (QED) is 0.635. The molecular weight excluding hydrogens is 266 g/mol. The van der Waals surface area contributed by atoms with Crippen LogP contribution in [0.2, 0.25) is 0 Å². The first kappa shape index (κ1) is 13.4. The Morgan fingerprint density at radius 3 is 3.00 bits per heavy atom. The fraction of sp³-hybridized carbons (Fsp3) is 0.308. The molecule has 1 aromatic heterocycles. The molecule has 19 heavy (non-hydrogen) atoms. The van der Waals surface area contributed by atoms with Crippen LogP contribution in [-0.2, 0) is 22.0 Å². The third-order valence-electron chi connectivity index (χ3n) is 2.69. The fourth-order valence-electron chi connectivity index (χ4n) is 1.90. The highest BCUT2D eigenvalue weighted by Gasteiger charge is 2.15. The van der Waals surface area contributed by atoms with Crippen molar-refractivity contribution in [1.82, 2.24) is 9.55 Å². The summed E-state index contributed by atoms with van der Waals surface area (Å²) < 4.78 is 6.61. The molecule has 0 radical (unpaired) electrons. The molecule has 5 nitrogen and oxygen atoms in total. The summed E-state index contributed by atoms with van der Waals surface area (Å²) in [5.74, 6) is 0.363. The van der Waals surface area contributed by atoms with Crippen molar-refractivity contribution in [2.45, 2.75) is 19.3 Å². The number of fused-ring (bicyclic) bond motifs is 1. The van der Waals surface area contributed by atoms with Crippen molar-refractivity contribution in [1.29, 1.82) is 5.26 Å². The summed E-state index contributed by atoms with van der Waals surface area (Å²) in [5, 5.41) is 9.05. The molecule has 2 aromatic rings. The molecule has 0 amide bonds. The number of nitriles is 1. The molecule has 0 atom stereocenters. The zero-order valence-electron chi connectivity index (χ0n) is 10.4. The number of carbonyl (C=O) groups excluding carboxylic acids is 1. The van der Waals surface area contributed by atoms with Crippen LogP contribution in [0.4, 0.5) is 0 Å². The number of benzene rings is 1. The zero-order valence-corrected chi connectivity index (χ0v) is 11.1. The summed E-state index contributed by atoms with van der Waals surface area (Å²) >= 11 is 5.84. The van der Waals surface area contributed by atoms with Crippen molar-refractivity contribution in [3.05, 3.63) is 29.6 Å². The first-order valence-corrected chi connectivity index (χ1v) is 6.34. The molecule has 0 spiro atoms. The highest BCUT2D eigenvalue weighted by atomic mass is 35.5. The van der Waals surface area contributed by atoms with E-state index >= 15 is 0 Å². The highest BCUT2D eigenvalue weighted by molar-refractivity contribution is 6.17. The van der Waals surface area contributed by atoms with Crippen molar-refractivity contribution in [2.24, 2.45) is 0 Å². The minimum Gasteiger partial charge on any atom is -0.465 e. The average molecular weight is 278 g/mol. The first-order chi connectivity index (χ1) is 9.21. The molecule has 1 aromatic carbocycles. The topological polar surface area (TPSA) is 67.9 Å². The van der Waals surface area contributed by atoms with Crippen LogP contribution in [0.25, 0.3) is 11.0 Å². The van der Waals surface area contributed by atoms with Gasteiger partial charge in [-0.2, -0.15) is 5.26 Å². The number of esters is 1. The Kier molecular flexibility index (Phi) is 4.03. The minimum absolute atomic E-state index is 0.0429. The number of hydrogen-bond acceptors (Lipinski definition) is 4. The van der Waals surface area contributed by atoms with Gasteiger partial charge in [-0.3, -0.25) is 4.79 Å². The average Bonchev–Trinajstić information content (AvgIpc) is 2.77. The maximum Gasteiger partial charge on any atom is 0.326 e. The molecule has 0 N–H and O–H groups in total. The van der Waals surface area contributed by atoms with Crippen LogP contribution >= 0.6 is 11.6 Å². The van der Waals surface area contributed by atoms with Gasteiger partial charge in [0, 0.05) is 0 Å². The number of carbonyl (C=O) groups is 1. The number of para-hydroxylation sites is 1. The van der Waals surface area contributed by atoms with E-state index in [-0.39, 0.29) is 18.4 Å². The number of hydrogen-bond donors (Lipinski definition) is 0. The normalized spacial score (nSPS) is 10.4. The molecule has 0 unspecified atom stereocenters. The molecule has 2 rings (SSSR count). The Hall–Kier alpha value is -2.06. The highest BCUT2D eigenvalue weighted by Crippen LogP contribution is 2.21. The third-order valence-corrected chi connectivity index (χ3v) is 2.93. The largest absolute Gasteiger partial charge is 0.465 e. The van der Waals surface area contributed by atoms with Crippen molar-refractivity contribution in [3.63, 3.8) is 0 Å². The van der Waals surface area contributed by atoms with E-state index in [0.29, 0.717) is 29.0 Å². The second-order valence-electron chi connectivity index (χ2n) is 3.84. The lowest BCUT2D eigenvalue weighted by atomic mass is 10.2. The number of nitrogens with zero attached hydrogens (tertiary/aromatic N) is 3. The van der Waals surface area contributed by atoms with E-state index in [1.165, 1.54) is 0 Å². The molecule has 0 saturated heterocycles. The van der Waals surface area contributed by atoms with E-state index in [1.54, 1.807) is 29.7 Å². The maximum atomic E-state index is 11.6. The lowest BCUT2D eigenvalue weighted by Crippen LogP contribution is -2.15. The minimum atomic E-state index is -0.351. The maximum absolute atomic E-state index is 11.6. The van der Waals surface area contributed by atoms with Crippen molar-refractivity contribution in [2.75, 3.05) is 6.61 Å². The molecule has 0 aliphatic carbocycles. The number of aromatic nitrogens is 2. The molecular formula is C13H12ClN3O2. The molecule has 98 valence electrons. The second kappa shape index (κ2) is 5.72. The molecule has 6 heteroatoms. The lowest BCUT2D eigenvalue weighted by Gasteiger charge is -2.06. The van der Waals surface area contributed by atoms with E-state index < -0.39 is 0 Å². The Labute approximate surface area is 115 Å². The first-order valence-electron chi connectivity index (χ1n) is 5.81. The van der Waals surface area contributed by atoms with Gasteiger partial charge < -0.3 is 9.30 Å². The standard InChI is InChI=1S/C13H12ClN3O2/c1-2-19-12(18)8-17-10-5-3-4-9(7-15)13(10)16-11(17)6-14/h3-5H,2,6,8H2,1H3. The van der Waals surface area contributed by atoms with Crippen LogP contribution in [0.15, 0.2) is 18.2 Å². The Balaban J connectivity index is 2.53. The van der Waals surface area contributed by atoms with Gasteiger partial charge in [-0.25, -0.2) is 4.98 Å². The van der Waals surface area contributed by atoms with E-state index in [0.717, 1.165) is 0 Å². The van der Waals surface area contributed by atoms with Crippen LogP contribution in [0.1, 0.15) is 18.3 Å². The van der Waals surface area contributed by atoms with E-state index in [4.69, 9.17) is 21.6 Å². The SMILES string of the molecule is CCOC(=O)Cn1c(CCl)nc2c(C#N)cccc21. The van der Waals surface area contributed by atoms with Gasteiger partial charge in [-0.15, -0.1) is 11.6 Å². The van der Waals surface area contributed by atoms with Crippen LogP contribution in [-0.4, -0.2) is 22.1 Å².